The van der Waals surface area contributed by atoms with E-state index in [0.717, 1.165) is 48.6 Å². The Morgan fingerprint density at radius 1 is 1.31 bits per heavy atom. The number of benzene rings is 1. The molecule has 26 heavy (non-hydrogen) atoms. The minimum Gasteiger partial charge on any atom is -0.330 e. The van der Waals surface area contributed by atoms with E-state index < -0.39 is 0 Å². The highest BCUT2D eigenvalue weighted by Crippen LogP contribution is 2.23. The number of nitrogens with two attached hydrogens (primary N) is 1. The molecule has 2 heterocycles. The molecule has 1 atom stereocenters. The van der Waals surface area contributed by atoms with Crippen LogP contribution >= 0.6 is 0 Å². The molecule has 5 nitrogen and oxygen atoms in total. The quantitative estimate of drug-likeness (QED) is 0.842. The number of hydrogen-bond acceptors (Lipinski definition) is 4. The Labute approximate surface area is 155 Å². The van der Waals surface area contributed by atoms with Gasteiger partial charge < -0.3 is 10.3 Å². The van der Waals surface area contributed by atoms with Crippen LogP contribution in [0.15, 0.2) is 30.3 Å². The maximum Gasteiger partial charge on any atom is 0.178 e. The molecule has 1 aliphatic heterocycles. The molecule has 1 unspecified atom stereocenters. The zero-order valence-corrected chi connectivity index (χ0v) is 15.5. The predicted molar refractivity (Wildman–Crippen MR) is 103 cm³/mol. The Balaban J connectivity index is 1.80. The monoisotopic (exact) mass is 350 g/mol. The minimum absolute atomic E-state index is 0.163. The van der Waals surface area contributed by atoms with Crippen LogP contribution in [-0.2, 0) is 0 Å². The number of rotatable bonds is 5. The highest BCUT2D eigenvalue weighted by Gasteiger charge is 2.23. The molecule has 0 saturated carbocycles. The number of ketones is 1. The van der Waals surface area contributed by atoms with Gasteiger partial charge in [-0.3, -0.25) is 9.69 Å². The van der Waals surface area contributed by atoms with E-state index in [4.69, 9.17) is 11.0 Å². The Kier molecular flexibility index (Phi) is 5.55. The summed E-state index contributed by atoms with van der Waals surface area (Å²) in [5.74, 6) is 0.665. The predicted octanol–water partition coefficient (Wildman–Crippen LogP) is 2.82. The van der Waals surface area contributed by atoms with Crippen molar-refractivity contribution in [3.8, 4) is 11.8 Å². The van der Waals surface area contributed by atoms with E-state index in [9.17, 15) is 4.79 Å². The molecule has 0 amide bonds. The van der Waals surface area contributed by atoms with Crippen molar-refractivity contribution in [1.29, 1.82) is 5.26 Å². The van der Waals surface area contributed by atoms with Crippen molar-refractivity contribution in [3.05, 3.63) is 52.8 Å². The highest BCUT2D eigenvalue weighted by molar-refractivity contribution is 5.99. The average molecular weight is 350 g/mol. The van der Waals surface area contributed by atoms with Crippen molar-refractivity contribution in [2.75, 3.05) is 26.2 Å². The van der Waals surface area contributed by atoms with E-state index >= 15 is 0 Å². The molecule has 1 aromatic heterocycles. The van der Waals surface area contributed by atoms with E-state index in [2.05, 4.69) is 15.5 Å². The molecular weight excluding hydrogens is 324 g/mol. The minimum atomic E-state index is 0.163. The van der Waals surface area contributed by atoms with Gasteiger partial charge in [0.1, 0.15) is 0 Å². The van der Waals surface area contributed by atoms with Crippen molar-refractivity contribution in [1.82, 2.24) is 9.47 Å². The van der Waals surface area contributed by atoms with Crippen molar-refractivity contribution in [2.45, 2.75) is 26.7 Å². The highest BCUT2D eigenvalue weighted by atomic mass is 16.1. The molecule has 136 valence electrons. The van der Waals surface area contributed by atoms with E-state index in [0.29, 0.717) is 24.6 Å². The van der Waals surface area contributed by atoms with Gasteiger partial charge in [0.2, 0.25) is 0 Å². The van der Waals surface area contributed by atoms with Crippen molar-refractivity contribution >= 4 is 5.78 Å². The Bertz CT molecular complexity index is 829. The van der Waals surface area contributed by atoms with Gasteiger partial charge in [0, 0.05) is 29.2 Å². The fourth-order valence-corrected chi connectivity index (χ4v) is 3.90. The molecule has 3 rings (SSSR count). The molecule has 0 spiro atoms. The molecule has 2 N–H and O–H groups in total. The maximum atomic E-state index is 12.9. The Morgan fingerprint density at radius 2 is 2.04 bits per heavy atom. The van der Waals surface area contributed by atoms with Gasteiger partial charge in [-0.25, -0.2) is 0 Å². The maximum absolute atomic E-state index is 12.9. The SMILES string of the molecule is Cc1cc(C(=O)CN2CCCC(CN)C2)c(C)n1-c1ccc(C#N)cc1. The van der Waals surface area contributed by atoms with Gasteiger partial charge in [-0.2, -0.15) is 5.26 Å². The zero-order chi connectivity index (χ0) is 18.7. The van der Waals surface area contributed by atoms with Gasteiger partial charge in [0.05, 0.1) is 18.2 Å². The van der Waals surface area contributed by atoms with Crippen LogP contribution in [0.25, 0.3) is 5.69 Å². The van der Waals surface area contributed by atoms with E-state index in [1.165, 1.54) is 0 Å². The Hall–Kier alpha value is -2.42. The third-order valence-electron chi connectivity index (χ3n) is 5.29. The van der Waals surface area contributed by atoms with Crippen LogP contribution in [0.2, 0.25) is 0 Å². The summed E-state index contributed by atoms with van der Waals surface area (Å²) in [4.78, 5) is 15.1. The summed E-state index contributed by atoms with van der Waals surface area (Å²) in [6.07, 6.45) is 2.27. The van der Waals surface area contributed by atoms with E-state index in [1.54, 1.807) is 12.1 Å². The summed E-state index contributed by atoms with van der Waals surface area (Å²) < 4.78 is 2.08. The Morgan fingerprint density at radius 3 is 2.69 bits per heavy atom. The molecule has 5 heteroatoms. The second-order valence-corrected chi connectivity index (χ2v) is 7.18. The summed E-state index contributed by atoms with van der Waals surface area (Å²) in [7, 11) is 0. The number of nitrogens with zero attached hydrogens (tertiary/aromatic N) is 3. The van der Waals surface area contributed by atoms with Gasteiger partial charge >= 0.3 is 0 Å². The topological polar surface area (TPSA) is 75.0 Å². The summed E-state index contributed by atoms with van der Waals surface area (Å²) in [5, 5.41) is 8.96. The van der Waals surface area contributed by atoms with Gasteiger partial charge in [0.25, 0.3) is 0 Å². The molecule has 0 radical (unpaired) electrons. The lowest BCUT2D eigenvalue weighted by Gasteiger charge is -2.31. The molecule has 0 aliphatic carbocycles. The van der Waals surface area contributed by atoms with Crippen molar-refractivity contribution in [2.24, 2.45) is 11.7 Å². The fourth-order valence-electron chi connectivity index (χ4n) is 3.90. The van der Waals surface area contributed by atoms with Crippen LogP contribution in [0, 0.1) is 31.1 Å². The molecule has 1 aromatic carbocycles. The van der Waals surface area contributed by atoms with Crippen LogP contribution in [-0.4, -0.2) is 41.4 Å². The molecule has 1 aliphatic rings. The van der Waals surface area contributed by atoms with Crippen LogP contribution < -0.4 is 5.73 Å². The third-order valence-corrected chi connectivity index (χ3v) is 5.29. The van der Waals surface area contributed by atoms with Crippen LogP contribution in [0.3, 0.4) is 0 Å². The van der Waals surface area contributed by atoms with E-state index in [-0.39, 0.29) is 5.78 Å². The molecule has 0 bridgehead atoms. The average Bonchev–Trinajstić information content (AvgIpc) is 2.96. The first-order valence-electron chi connectivity index (χ1n) is 9.18. The molecule has 1 fully saturated rings. The number of aromatic nitrogens is 1. The summed E-state index contributed by atoms with van der Waals surface area (Å²) in [6.45, 7) is 7.02. The van der Waals surface area contributed by atoms with Gasteiger partial charge in [-0.1, -0.05) is 0 Å². The zero-order valence-electron chi connectivity index (χ0n) is 15.5. The van der Waals surface area contributed by atoms with Crippen LogP contribution in [0.1, 0.15) is 40.2 Å². The third kappa shape index (κ3) is 3.72. The first kappa shape index (κ1) is 18.4. The van der Waals surface area contributed by atoms with Gasteiger partial charge in [0.15, 0.2) is 5.78 Å². The lowest BCUT2D eigenvalue weighted by molar-refractivity contribution is 0.0888. The number of aryl methyl sites for hydroxylation is 1. The second kappa shape index (κ2) is 7.86. The summed E-state index contributed by atoms with van der Waals surface area (Å²) >= 11 is 0. The van der Waals surface area contributed by atoms with E-state index in [1.807, 2.05) is 32.0 Å². The smallest absolute Gasteiger partial charge is 0.178 e. The number of hydrogen-bond donors (Lipinski definition) is 1. The summed E-state index contributed by atoms with van der Waals surface area (Å²) in [6, 6.07) is 11.6. The fraction of sp³-hybridized carbons (Fsp3) is 0.429. The molecular formula is C21H26N4O. The lowest BCUT2D eigenvalue weighted by atomic mass is 9.98. The van der Waals surface area contributed by atoms with Crippen LogP contribution in [0.5, 0.6) is 0 Å². The number of nitriles is 1. The second-order valence-electron chi connectivity index (χ2n) is 7.18. The van der Waals surface area contributed by atoms with Gasteiger partial charge in [-0.15, -0.1) is 0 Å². The number of carbonyl (C=O) groups is 1. The first-order valence-corrected chi connectivity index (χ1v) is 9.18. The standard InChI is InChI=1S/C21H26N4O/c1-15-10-20(21(26)14-24-9-3-4-18(12-23)13-24)16(2)25(15)19-7-5-17(11-22)6-8-19/h5-8,10,18H,3-4,9,12-14,23H2,1-2H3. The largest absolute Gasteiger partial charge is 0.330 e. The number of piperidine rings is 1. The number of carbonyl (C=O) groups excluding carboxylic acids is 1. The lowest BCUT2D eigenvalue weighted by Crippen LogP contribution is -2.41. The van der Waals surface area contributed by atoms with Gasteiger partial charge in [-0.05, 0) is 76.0 Å². The van der Waals surface area contributed by atoms with Crippen molar-refractivity contribution in [3.63, 3.8) is 0 Å². The van der Waals surface area contributed by atoms with Crippen molar-refractivity contribution < 1.29 is 4.79 Å². The molecule has 2 aromatic rings. The number of likely N-dealkylation sites (tertiary alicyclic amines) is 1. The first-order chi connectivity index (χ1) is 12.5. The van der Waals surface area contributed by atoms with Crippen LogP contribution in [0.4, 0.5) is 0 Å². The normalized spacial score (nSPS) is 17.8. The molecule has 1 saturated heterocycles. The summed E-state index contributed by atoms with van der Waals surface area (Å²) in [5.41, 5.74) is 10.2. The number of Topliss-reactive ketones (excluding diaryl/α,β-unsaturated/α-hetero) is 1.